The van der Waals surface area contributed by atoms with Gasteiger partial charge in [0.2, 0.25) is 0 Å². The van der Waals surface area contributed by atoms with Gasteiger partial charge in [-0.3, -0.25) is 4.90 Å². The number of rotatable bonds is 4. The first-order valence-electron chi connectivity index (χ1n) is 8.04. The van der Waals surface area contributed by atoms with E-state index in [4.69, 9.17) is 5.73 Å². The van der Waals surface area contributed by atoms with Crippen LogP contribution in [0.2, 0.25) is 0 Å². The Labute approximate surface area is 124 Å². The predicted molar refractivity (Wildman–Crippen MR) is 86.8 cm³/mol. The first-order chi connectivity index (χ1) is 9.54. The van der Waals surface area contributed by atoms with Gasteiger partial charge in [0.15, 0.2) is 0 Å². The van der Waals surface area contributed by atoms with Crippen LogP contribution in [0.3, 0.4) is 0 Å². The molecule has 1 fully saturated rings. The van der Waals surface area contributed by atoms with Gasteiger partial charge in [-0.2, -0.15) is 0 Å². The molecule has 2 nitrogen and oxygen atoms in total. The molecule has 0 radical (unpaired) electrons. The van der Waals surface area contributed by atoms with Crippen molar-refractivity contribution in [3.8, 4) is 0 Å². The van der Waals surface area contributed by atoms with E-state index < -0.39 is 0 Å². The topological polar surface area (TPSA) is 29.3 Å². The minimum absolute atomic E-state index is 0.393. The second kappa shape index (κ2) is 6.73. The van der Waals surface area contributed by atoms with Gasteiger partial charge in [0.1, 0.15) is 0 Å². The molecule has 1 atom stereocenters. The van der Waals surface area contributed by atoms with Gasteiger partial charge in [-0.15, -0.1) is 0 Å². The summed E-state index contributed by atoms with van der Waals surface area (Å²) in [7, 11) is 0. The molecule has 1 saturated heterocycles. The van der Waals surface area contributed by atoms with Gasteiger partial charge in [-0.1, -0.05) is 32.0 Å². The van der Waals surface area contributed by atoms with Crippen molar-refractivity contribution in [2.24, 2.45) is 17.6 Å². The molecule has 1 aliphatic heterocycles. The van der Waals surface area contributed by atoms with Gasteiger partial charge in [0.25, 0.3) is 0 Å². The van der Waals surface area contributed by atoms with Crippen molar-refractivity contribution < 1.29 is 0 Å². The molecule has 0 spiro atoms. The minimum Gasteiger partial charge on any atom is -0.329 e. The Morgan fingerprint density at radius 3 is 2.15 bits per heavy atom. The molecule has 2 heteroatoms. The number of nitrogens with two attached hydrogens (primary N) is 1. The fraction of sp³-hybridized carbons (Fsp3) is 0.667. The first kappa shape index (κ1) is 15.5. The maximum atomic E-state index is 6.13. The van der Waals surface area contributed by atoms with E-state index in [2.05, 4.69) is 50.8 Å². The van der Waals surface area contributed by atoms with Crippen LogP contribution >= 0.6 is 0 Å². The highest BCUT2D eigenvalue weighted by Gasteiger charge is 2.27. The summed E-state index contributed by atoms with van der Waals surface area (Å²) in [4.78, 5) is 2.61. The first-order valence-corrected chi connectivity index (χ1v) is 8.04. The van der Waals surface area contributed by atoms with Crippen molar-refractivity contribution in [1.29, 1.82) is 0 Å². The van der Waals surface area contributed by atoms with Gasteiger partial charge in [0.05, 0.1) is 0 Å². The third kappa shape index (κ3) is 3.24. The fourth-order valence-corrected chi connectivity index (χ4v) is 3.70. The number of aryl methyl sites for hydroxylation is 2. The standard InChI is InChI=1S/C18H30N2/c1-13(2)16-8-10-20(11-9-16)17(12-19)18-14(3)6-5-7-15(18)4/h5-7,13,16-17H,8-12,19H2,1-4H3. The van der Waals surface area contributed by atoms with E-state index in [1.807, 2.05) is 0 Å². The highest BCUT2D eigenvalue weighted by Crippen LogP contribution is 2.32. The second-order valence-corrected chi connectivity index (χ2v) is 6.67. The lowest BCUT2D eigenvalue weighted by molar-refractivity contribution is 0.117. The maximum absolute atomic E-state index is 6.13. The van der Waals surface area contributed by atoms with Crippen LogP contribution in [0.5, 0.6) is 0 Å². The molecule has 20 heavy (non-hydrogen) atoms. The zero-order valence-electron chi connectivity index (χ0n) is 13.5. The highest BCUT2D eigenvalue weighted by molar-refractivity contribution is 5.36. The third-order valence-corrected chi connectivity index (χ3v) is 5.06. The monoisotopic (exact) mass is 274 g/mol. The second-order valence-electron chi connectivity index (χ2n) is 6.67. The number of nitrogens with zero attached hydrogens (tertiary/aromatic N) is 1. The normalized spacial score (nSPS) is 19.5. The zero-order valence-corrected chi connectivity index (χ0v) is 13.5. The number of hydrogen-bond acceptors (Lipinski definition) is 2. The maximum Gasteiger partial charge on any atom is 0.0475 e. The Hall–Kier alpha value is -0.860. The number of benzene rings is 1. The van der Waals surface area contributed by atoms with Crippen molar-refractivity contribution in [1.82, 2.24) is 4.90 Å². The van der Waals surface area contributed by atoms with Crippen LogP contribution in [0.15, 0.2) is 18.2 Å². The van der Waals surface area contributed by atoms with Crippen LogP contribution in [0.4, 0.5) is 0 Å². The highest BCUT2D eigenvalue weighted by atomic mass is 15.2. The van der Waals surface area contributed by atoms with Crippen molar-refractivity contribution in [3.63, 3.8) is 0 Å². The molecular formula is C18H30N2. The molecule has 0 amide bonds. The molecular weight excluding hydrogens is 244 g/mol. The zero-order chi connectivity index (χ0) is 14.7. The van der Waals surface area contributed by atoms with E-state index in [0.717, 1.165) is 18.4 Å². The summed E-state index contributed by atoms with van der Waals surface area (Å²) >= 11 is 0. The molecule has 0 saturated carbocycles. The Morgan fingerprint density at radius 1 is 1.15 bits per heavy atom. The lowest BCUT2D eigenvalue weighted by Crippen LogP contribution is -2.41. The van der Waals surface area contributed by atoms with Crippen molar-refractivity contribution in [2.45, 2.75) is 46.6 Å². The molecule has 1 unspecified atom stereocenters. The lowest BCUT2D eigenvalue weighted by Gasteiger charge is -2.39. The van der Waals surface area contributed by atoms with Crippen LogP contribution < -0.4 is 5.73 Å². The summed E-state index contributed by atoms with van der Waals surface area (Å²) in [6.45, 7) is 12.2. The molecule has 0 aliphatic carbocycles. The molecule has 112 valence electrons. The smallest absolute Gasteiger partial charge is 0.0475 e. The summed E-state index contributed by atoms with van der Waals surface area (Å²) in [5.74, 6) is 1.70. The van der Waals surface area contributed by atoms with Crippen LogP contribution in [0.25, 0.3) is 0 Å². The van der Waals surface area contributed by atoms with Crippen LogP contribution in [-0.2, 0) is 0 Å². The Balaban J connectivity index is 2.14. The Kier molecular flexibility index (Phi) is 5.22. The largest absolute Gasteiger partial charge is 0.329 e. The van der Waals surface area contributed by atoms with Gasteiger partial charge >= 0.3 is 0 Å². The molecule has 2 N–H and O–H groups in total. The molecule has 1 heterocycles. The molecule has 2 rings (SSSR count). The summed E-state index contributed by atoms with van der Waals surface area (Å²) in [5.41, 5.74) is 10.3. The molecule has 0 bridgehead atoms. The van der Waals surface area contributed by atoms with Gasteiger partial charge in [-0.05, 0) is 68.3 Å². The minimum atomic E-state index is 0.393. The Bertz CT molecular complexity index is 411. The summed E-state index contributed by atoms with van der Waals surface area (Å²) in [5, 5.41) is 0. The fourth-order valence-electron chi connectivity index (χ4n) is 3.70. The van der Waals surface area contributed by atoms with Gasteiger partial charge in [-0.25, -0.2) is 0 Å². The molecule has 1 aromatic rings. The number of piperidine rings is 1. The quantitative estimate of drug-likeness (QED) is 0.907. The lowest BCUT2D eigenvalue weighted by atomic mass is 9.85. The van der Waals surface area contributed by atoms with Crippen molar-refractivity contribution in [2.75, 3.05) is 19.6 Å². The van der Waals surface area contributed by atoms with Gasteiger partial charge < -0.3 is 5.73 Å². The van der Waals surface area contributed by atoms with E-state index in [-0.39, 0.29) is 0 Å². The number of hydrogen-bond donors (Lipinski definition) is 1. The van der Waals surface area contributed by atoms with E-state index in [0.29, 0.717) is 6.04 Å². The van der Waals surface area contributed by atoms with E-state index in [1.165, 1.54) is 42.6 Å². The number of likely N-dealkylation sites (tertiary alicyclic amines) is 1. The summed E-state index contributed by atoms with van der Waals surface area (Å²) in [6.07, 6.45) is 2.64. The molecule has 0 aromatic heterocycles. The van der Waals surface area contributed by atoms with E-state index in [1.54, 1.807) is 0 Å². The SMILES string of the molecule is Cc1cccc(C)c1C(CN)N1CCC(C(C)C)CC1. The summed E-state index contributed by atoms with van der Waals surface area (Å²) < 4.78 is 0. The molecule has 1 aromatic carbocycles. The Morgan fingerprint density at radius 2 is 1.70 bits per heavy atom. The summed E-state index contributed by atoms with van der Waals surface area (Å²) in [6, 6.07) is 6.97. The van der Waals surface area contributed by atoms with Crippen LogP contribution in [-0.4, -0.2) is 24.5 Å². The van der Waals surface area contributed by atoms with E-state index >= 15 is 0 Å². The van der Waals surface area contributed by atoms with Crippen molar-refractivity contribution >= 4 is 0 Å². The van der Waals surface area contributed by atoms with Gasteiger partial charge in [0, 0.05) is 12.6 Å². The van der Waals surface area contributed by atoms with E-state index in [9.17, 15) is 0 Å². The average Bonchev–Trinajstić information content (AvgIpc) is 2.43. The third-order valence-electron chi connectivity index (χ3n) is 5.06. The molecule has 1 aliphatic rings. The van der Waals surface area contributed by atoms with Crippen LogP contribution in [0, 0.1) is 25.7 Å². The predicted octanol–water partition coefficient (Wildman–Crippen LogP) is 3.67. The van der Waals surface area contributed by atoms with Crippen LogP contribution in [0.1, 0.15) is 49.4 Å². The average molecular weight is 274 g/mol. The van der Waals surface area contributed by atoms with Crippen molar-refractivity contribution in [3.05, 3.63) is 34.9 Å².